The first-order valence-corrected chi connectivity index (χ1v) is 7.37. The van der Waals surface area contributed by atoms with Gasteiger partial charge in [-0.1, -0.05) is 18.7 Å². The first-order valence-electron chi connectivity index (χ1n) is 6.38. The molecule has 0 aromatic carbocycles. The van der Waals surface area contributed by atoms with E-state index in [4.69, 9.17) is 5.84 Å². The van der Waals surface area contributed by atoms with Crippen molar-refractivity contribution in [2.24, 2.45) is 11.8 Å². The molecule has 2 heterocycles. The quantitative estimate of drug-likeness (QED) is 0.279. The minimum absolute atomic E-state index is 0.211. The van der Waals surface area contributed by atoms with Crippen LogP contribution in [0.3, 0.4) is 0 Å². The lowest BCUT2D eigenvalue weighted by Gasteiger charge is -2.31. The van der Waals surface area contributed by atoms with Gasteiger partial charge in [0, 0.05) is 19.2 Å². The van der Waals surface area contributed by atoms with Crippen molar-refractivity contribution in [3.8, 4) is 0 Å². The van der Waals surface area contributed by atoms with E-state index in [0.717, 1.165) is 23.9 Å². The summed E-state index contributed by atoms with van der Waals surface area (Å²) in [5, 5.41) is 0.798. The van der Waals surface area contributed by atoms with E-state index >= 15 is 0 Å². The Hall–Kier alpha value is -1.34. The Balaban J connectivity index is 2.00. The highest BCUT2D eigenvalue weighted by atomic mass is 32.2. The molecule has 1 aliphatic heterocycles. The van der Waals surface area contributed by atoms with Crippen LogP contribution < -0.4 is 16.2 Å². The van der Waals surface area contributed by atoms with E-state index in [-0.39, 0.29) is 11.7 Å². The Labute approximate surface area is 117 Å². The van der Waals surface area contributed by atoms with Gasteiger partial charge in [0.1, 0.15) is 17.2 Å². The zero-order chi connectivity index (χ0) is 13.7. The maximum atomic E-state index is 11.1. The summed E-state index contributed by atoms with van der Waals surface area (Å²) in [6, 6.07) is 1.94. The van der Waals surface area contributed by atoms with Crippen molar-refractivity contribution in [3.05, 3.63) is 12.4 Å². The maximum absolute atomic E-state index is 11.1. The average Bonchev–Trinajstić information content (AvgIpc) is 2.45. The number of aromatic nitrogens is 2. The molecule has 1 unspecified atom stereocenters. The molecule has 1 fully saturated rings. The number of hydrazine groups is 1. The second-order valence-electron chi connectivity index (χ2n) is 4.76. The molecular weight excluding hydrogens is 262 g/mol. The molecule has 0 radical (unpaired) electrons. The Morgan fingerprint density at radius 2 is 2.47 bits per heavy atom. The minimum Gasteiger partial charge on any atom is -0.356 e. The predicted molar refractivity (Wildman–Crippen MR) is 75.7 cm³/mol. The lowest BCUT2D eigenvalue weighted by atomic mass is 10.0. The number of hydrogen-bond acceptors (Lipinski definition) is 6. The molecule has 6 nitrogen and oxygen atoms in total. The fourth-order valence-corrected chi connectivity index (χ4v) is 2.83. The van der Waals surface area contributed by atoms with Crippen molar-refractivity contribution in [1.82, 2.24) is 15.4 Å². The van der Waals surface area contributed by atoms with Crippen LogP contribution in [0, 0.1) is 5.92 Å². The first-order chi connectivity index (χ1) is 9.19. The van der Waals surface area contributed by atoms with E-state index in [9.17, 15) is 4.79 Å². The number of hydrogen-bond donors (Lipinski definition) is 2. The van der Waals surface area contributed by atoms with E-state index in [0.29, 0.717) is 5.92 Å². The van der Waals surface area contributed by atoms with Crippen LogP contribution in [0.5, 0.6) is 0 Å². The van der Waals surface area contributed by atoms with E-state index in [1.807, 2.05) is 6.07 Å². The zero-order valence-electron chi connectivity index (χ0n) is 11.0. The fourth-order valence-electron chi connectivity index (χ4n) is 2.16. The van der Waals surface area contributed by atoms with Gasteiger partial charge in [0.15, 0.2) is 0 Å². The molecule has 3 N–H and O–H groups in total. The third-order valence-electron chi connectivity index (χ3n) is 3.12. The van der Waals surface area contributed by atoms with Crippen LogP contribution in [-0.4, -0.2) is 34.7 Å². The van der Waals surface area contributed by atoms with Crippen LogP contribution in [0.25, 0.3) is 0 Å². The highest BCUT2D eigenvalue weighted by Gasteiger charge is 2.18. The Morgan fingerprint density at radius 1 is 1.63 bits per heavy atom. The summed E-state index contributed by atoms with van der Waals surface area (Å²) in [4.78, 5) is 21.9. The predicted octanol–water partition coefficient (Wildman–Crippen LogP) is 0.795. The first kappa shape index (κ1) is 14.1. The van der Waals surface area contributed by atoms with Gasteiger partial charge in [0.05, 0.1) is 5.75 Å². The van der Waals surface area contributed by atoms with E-state index < -0.39 is 0 Å². The van der Waals surface area contributed by atoms with E-state index in [1.165, 1.54) is 24.6 Å². The van der Waals surface area contributed by atoms with Crippen molar-refractivity contribution < 1.29 is 4.79 Å². The third kappa shape index (κ3) is 4.07. The number of nitrogens with one attached hydrogen (secondary N) is 1. The van der Waals surface area contributed by atoms with E-state index in [2.05, 4.69) is 27.2 Å². The van der Waals surface area contributed by atoms with Gasteiger partial charge < -0.3 is 4.90 Å². The molecule has 1 amide bonds. The summed E-state index contributed by atoms with van der Waals surface area (Å²) < 4.78 is 0. The highest BCUT2D eigenvalue weighted by Crippen LogP contribution is 2.24. The van der Waals surface area contributed by atoms with Gasteiger partial charge in [-0.3, -0.25) is 10.2 Å². The van der Waals surface area contributed by atoms with Crippen LogP contribution in [0.15, 0.2) is 17.4 Å². The normalized spacial score (nSPS) is 19.3. The molecule has 1 atom stereocenters. The van der Waals surface area contributed by atoms with Crippen LogP contribution in [0.1, 0.15) is 19.8 Å². The lowest BCUT2D eigenvalue weighted by molar-refractivity contribution is -0.118. The number of nitrogens with zero attached hydrogens (tertiary/aromatic N) is 3. The number of thioether (sulfide) groups is 1. The molecule has 1 aromatic heterocycles. The second-order valence-corrected chi connectivity index (χ2v) is 5.76. The molecule has 0 aliphatic carbocycles. The Kier molecular flexibility index (Phi) is 4.98. The molecule has 19 heavy (non-hydrogen) atoms. The van der Waals surface area contributed by atoms with Crippen molar-refractivity contribution in [3.63, 3.8) is 0 Å². The van der Waals surface area contributed by atoms with Crippen LogP contribution in [-0.2, 0) is 4.79 Å². The number of piperidine rings is 1. The SMILES string of the molecule is CC1CCCN(c2cc(SCC(=O)NN)ncn2)C1. The smallest absolute Gasteiger partial charge is 0.244 e. The number of nitrogens with two attached hydrogens (primary N) is 1. The molecule has 7 heteroatoms. The van der Waals surface area contributed by atoms with Crippen LogP contribution >= 0.6 is 11.8 Å². The van der Waals surface area contributed by atoms with Crippen LogP contribution in [0.2, 0.25) is 0 Å². The molecule has 1 aromatic rings. The summed E-state index contributed by atoms with van der Waals surface area (Å²) in [5.74, 6) is 6.74. The zero-order valence-corrected chi connectivity index (χ0v) is 11.8. The van der Waals surface area contributed by atoms with Crippen LogP contribution in [0.4, 0.5) is 5.82 Å². The van der Waals surface area contributed by atoms with Crippen molar-refractivity contribution in [2.75, 3.05) is 23.7 Å². The van der Waals surface area contributed by atoms with Gasteiger partial charge in [-0.25, -0.2) is 15.8 Å². The van der Waals surface area contributed by atoms with Gasteiger partial charge in [0.25, 0.3) is 0 Å². The largest absolute Gasteiger partial charge is 0.356 e. The second kappa shape index (κ2) is 6.72. The summed E-state index contributed by atoms with van der Waals surface area (Å²) in [6.45, 7) is 4.33. The monoisotopic (exact) mass is 281 g/mol. The summed E-state index contributed by atoms with van der Waals surface area (Å²) in [5.41, 5.74) is 2.11. The molecular formula is C12H19N5OS. The van der Waals surface area contributed by atoms with Gasteiger partial charge >= 0.3 is 0 Å². The molecule has 2 rings (SSSR count). The highest BCUT2D eigenvalue weighted by molar-refractivity contribution is 7.99. The third-order valence-corrected chi connectivity index (χ3v) is 4.05. The Morgan fingerprint density at radius 3 is 3.21 bits per heavy atom. The lowest BCUT2D eigenvalue weighted by Crippen LogP contribution is -2.34. The fraction of sp³-hybridized carbons (Fsp3) is 0.583. The van der Waals surface area contributed by atoms with Crippen molar-refractivity contribution in [2.45, 2.75) is 24.8 Å². The number of carbonyl (C=O) groups excluding carboxylic acids is 1. The Bertz CT molecular complexity index is 442. The van der Waals surface area contributed by atoms with Gasteiger partial charge in [0.2, 0.25) is 5.91 Å². The molecule has 1 aliphatic rings. The number of anilines is 1. The molecule has 0 saturated carbocycles. The number of rotatable bonds is 4. The van der Waals surface area contributed by atoms with E-state index in [1.54, 1.807) is 6.33 Å². The summed E-state index contributed by atoms with van der Waals surface area (Å²) >= 11 is 1.36. The molecule has 1 saturated heterocycles. The number of amides is 1. The van der Waals surface area contributed by atoms with Crippen molar-refractivity contribution >= 4 is 23.5 Å². The van der Waals surface area contributed by atoms with Gasteiger partial charge in [-0.15, -0.1) is 0 Å². The van der Waals surface area contributed by atoms with Crippen molar-refractivity contribution in [1.29, 1.82) is 0 Å². The topological polar surface area (TPSA) is 84.1 Å². The standard InChI is InChI=1S/C12H19N5OS/c1-9-3-2-4-17(6-9)10-5-12(15-8-14-10)19-7-11(18)16-13/h5,8-9H,2-4,6-7,13H2,1H3,(H,16,18). The van der Waals surface area contributed by atoms with Gasteiger partial charge in [-0.2, -0.15) is 0 Å². The summed E-state index contributed by atoms with van der Waals surface area (Å²) in [7, 11) is 0. The molecule has 0 spiro atoms. The summed E-state index contributed by atoms with van der Waals surface area (Å²) in [6.07, 6.45) is 4.03. The minimum atomic E-state index is -0.211. The maximum Gasteiger partial charge on any atom is 0.244 e. The molecule has 104 valence electrons. The number of carbonyl (C=O) groups is 1. The van der Waals surface area contributed by atoms with Gasteiger partial charge in [-0.05, 0) is 18.8 Å². The average molecular weight is 281 g/mol. The molecule has 0 bridgehead atoms.